The largest absolute Gasteiger partial charge is 0.350 e. The minimum absolute atomic E-state index is 0.0961. The van der Waals surface area contributed by atoms with Crippen LogP contribution in [-0.2, 0) is 10.3 Å². The van der Waals surface area contributed by atoms with Gasteiger partial charge in [-0.05, 0) is 6.92 Å². The van der Waals surface area contributed by atoms with Gasteiger partial charge in [0.2, 0.25) is 0 Å². The molecule has 0 saturated heterocycles. The summed E-state index contributed by atoms with van der Waals surface area (Å²) in [5.74, 6) is 0. The maximum absolute atomic E-state index is 9.62. The molecule has 0 aliphatic heterocycles. The SMILES string of the molecule is CC[N]S(=O)(=O)O. The van der Waals surface area contributed by atoms with E-state index in [2.05, 4.69) is 4.72 Å². The molecule has 0 unspecified atom stereocenters. The smallest absolute Gasteiger partial charge is 0.272 e. The molecule has 1 N–H and O–H groups in total. The molecule has 0 aliphatic carbocycles. The van der Waals surface area contributed by atoms with Crippen molar-refractivity contribution in [3.05, 3.63) is 0 Å². The van der Waals surface area contributed by atoms with Crippen molar-refractivity contribution in [3.8, 4) is 0 Å². The van der Waals surface area contributed by atoms with Crippen LogP contribution in [0.25, 0.3) is 0 Å². The van der Waals surface area contributed by atoms with E-state index < -0.39 is 10.3 Å². The molecule has 0 aromatic carbocycles. The molecule has 0 saturated carbocycles. The van der Waals surface area contributed by atoms with Gasteiger partial charge >= 0.3 is 10.3 Å². The summed E-state index contributed by atoms with van der Waals surface area (Å²) in [6.45, 7) is 1.62. The third kappa shape index (κ3) is 5.87. The van der Waals surface area contributed by atoms with E-state index in [1.165, 1.54) is 6.92 Å². The van der Waals surface area contributed by atoms with Gasteiger partial charge in [0, 0.05) is 6.54 Å². The Morgan fingerprint density at radius 1 is 1.71 bits per heavy atom. The molecule has 7 heavy (non-hydrogen) atoms. The average Bonchev–Trinajstić information content (AvgIpc) is 1.30. The van der Waals surface area contributed by atoms with E-state index in [1.807, 2.05) is 0 Å². The first-order valence-corrected chi connectivity index (χ1v) is 3.12. The number of rotatable bonds is 2. The summed E-state index contributed by atoms with van der Waals surface area (Å²) in [4.78, 5) is 0. The maximum atomic E-state index is 9.62. The van der Waals surface area contributed by atoms with Crippen molar-refractivity contribution in [3.63, 3.8) is 0 Å². The van der Waals surface area contributed by atoms with E-state index in [4.69, 9.17) is 4.55 Å². The third-order valence-corrected chi connectivity index (χ3v) is 0.877. The minimum Gasteiger partial charge on any atom is -0.272 e. The standard InChI is InChI=1S/C2H6NO3S/c1-2-3-7(4,5)6/h2H2,1H3,(H,4,5,6). The first-order chi connectivity index (χ1) is 3.06. The molecule has 0 atom stereocenters. The summed E-state index contributed by atoms with van der Waals surface area (Å²) < 4.78 is 29.8. The summed E-state index contributed by atoms with van der Waals surface area (Å²) in [6.07, 6.45) is 0. The summed E-state index contributed by atoms with van der Waals surface area (Å²) in [5, 5.41) is 0. The Kier molecular flexibility index (Phi) is 2.21. The first kappa shape index (κ1) is 6.87. The van der Waals surface area contributed by atoms with Gasteiger partial charge in [-0.1, -0.05) is 4.72 Å². The molecule has 0 heterocycles. The van der Waals surface area contributed by atoms with Crippen LogP contribution in [-0.4, -0.2) is 19.5 Å². The number of hydrogen-bond acceptors (Lipinski definition) is 2. The van der Waals surface area contributed by atoms with Crippen LogP contribution in [0, 0.1) is 0 Å². The zero-order valence-corrected chi connectivity index (χ0v) is 4.64. The molecule has 0 fully saturated rings. The summed E-state index contributed by atoms with van der Waals surface area (Å²) in [7, 11) is -4.05. The second-order valence-electron chi connectivity index (χ2n) is 0.893. The van der Waals surface area contributed by atoms with Crippen molar-refractivity contribution in [2.45, 2.75) is 6.92 Å². The lowest BCUT2D eigenvalue weighted by atomic mass is 10.8. The van der Waals surface area contributed by atoms with Crippen LogP contribution in [0.2, 0.25) is 0 Å². The zero-order valence-electron chi connectivity index (χ0n) is 3.83. The Morgan fingerprint density at radius 2 is 2.14 bits per heavy atom. The van der Waals surface area contributed by atoms with E-state index >= 15 is 0 Å². The number of nitrogens with zero attached hydrogens (tertiary/aromatic N) is 1. The fourth-order valence-corrected chi connectivity index (χ4v) is 0.489. The average molecular weight is 124 g/mol. The second kappa shape index (κ2) is 2.25. The van der Waals surface area contributed by atoms with Crippen LogP contribution >= 0.6 is 0 Å². The second-order valence-corrected chi connectivity index (χ2v) is 2.05. The van der Waals surface area contributed by atoms with Crippen molar-refractivity contribution < 1.29 is 13.0 Å². The van der Waals surface area contributed by atoms with Crippen LogP contribution in [0.5, 0.6) is 0 Å². The highest BCUT2D eigenvalue weighted by Crippen LogP contribution is 1.71. The molecule has 0 aromatic heterocycles. The lowest BCUT2D eigenvalue weighted by Gasteiger charge is -1.86. The van der Waals surface area contributed by atoms with Crippen LogP contribution in [0.1, 0.15) is 6.92 Å². The molecule has 43 valence electrons. The fourth-order valence-electron chi connectivity index (χ4n) is 0.163. The molecule has 5 heteroatoms. The summed E-state index contributed by atoms with van der Waals surface area (Å²) >= 11 is 0. The quantitative estimate of drug-likeness (QED) is 0.500. The molecule has 0 amide bonds. The topological polar surface area (TPSA) is 68.5 Å². The Morgan fingerprint density at radius 3 is 2.14 bits per heavy atom. The van der Waals surface area contributed by atoms with E-state index in [-0.39, 0.29) is 6.54 Å². The van der Waals surface area contributed by atoms with Crippen molar-refractivity contribution in [1.29, 1.82) is 0 Å². The molecule has 4 nitrogen and oxygen atoms in total. The predicted octanol–water partition coefficient (Wildman–Crippen LogP) is -0.586. The maximum Gasteiger partial charge on any atom is 0.350 e. The lowest BCUT2D eigenvalue weighted by molar-refractivity contribution is 0.468. The third-order valence-electron chi connectivity index (χ3n) is 0.292. The van der Waals surface area contributed by atoms with Gasteiger partial charge in [0.25, 0.3) is 0 Å². The number of hydrogen-bond donors (Lipinski definition) is 1. The summed E-state index contributed by atoms with van der Waals surface area (Å²) in [6, 6.07) is 0. The van der Waals surface area contributed by atoms with Crippen LogP contribution in [0.3, 0.4) is 0 Å². The molecule has 0 aliphatic rings. The van der Waals surface area contributed by atoms with Gasteiger partial charge in [0.15, 0.2) is 0 Å². The normalized spacial score (nSPS) is 11.7. The Hall–Kier alpha value is -0.130. The van der Waals surface area contributed by atoms with Gasteiger partial charge in [-0.3, -0.25) is 4.55 Å². The van der Waals surface area contributed by atoms with Crippen molar-refractivity contribution in [1.82, 2.24) is 4.72 Å². The first-order valence-electron chi connectivity index (χ1n) is 1.72. The lowest BCUT2D eigenvalue weighted by Crippen LogP contribution is -2.13. The van der Waals surface area contributed by atoms with Gasteiger partial charge in [0.05, 0.1) is 0 Å². The Bertz CT molecular complexity index is 126. The van der Waals surface area contributed by atoms with Crippen LogP contribution in [0.15, 0.2) is 0 Å². The van der Waals surface area contributed by atoms with Gasteiger partial charge in [-0.25, -0.2) is 0 Å². The van der Waals surface area contributed by atoms with Gasteiger partial charge in [-0.15, -0.1) is 0 Å². The molecule has 0 spiro atoms. The Labute approximate surface area is 42.4 Å². The van der Waals surface area contributed by atoms with Crippen LogP contribution < -0.4 is 4.72 Å². The van der Waals surface area contributed by atoms with Gasteiger partial charge in [0.1, 0.15) is 0 Å². The van der Waals surface area contributed by atoms with Crippen molar-refractivity contribution >= 4 is 10.3 Å². The molecule has 0 bridgehead atoms. The molecule has 1 radical (unpaired) electrons. The van der Waals surface area contributed by atoms with E-state index in [1.54, 1.807) is 0 Å². The highest BCUT2D eigenvalue weighted by molar-refractivity contribution is 7.83. The minimum atomic E-state index is -4.05. The summed E-state index contributed by atoms with van der Waals surface area (Å²) in [5.41, 5.74) is 0. The molecular formula is C2H6NO3S. The van der Waals surface area contributed by atoms with E-state index in [9.17, 15) is 8.42 Å². The fraction of sp³-hybridized carbons (Fsp3) is 1.00. The van der Waals surface area contributed by atoms with Crippen molar-refractivity contribution in [2.24, 2.45) is 0 Å². The molecule has 0 rings (SSSR count). The van der Waals surface area contributed by atoms with Crippen LogP contribution in [0.4, 0.5) is 0 Å². The van der Waals surface area contributed by atoms with Gasteiger partial charge in [-0.2, -0.15) is 8.42 Å². The monoisotopic (exact) mass is 124 g/mol. The molecular weight excluding hydrogens is 118 g/mol. The van der Waals surface area contributed by atoms with Gasteiger partial charge < -0.3 is 0 Å². The highest BCUT2D eigenvalue weighted by Gasteiger charge is 1.98. The predicted molar refractivity (Wildman–Crippen MR) is 24.2 cm³/mol. The zero-order chi connectivity index (χ0) is 5.91. The van der Waals surface area contributed by atoms with E-state index in [0.29, 0.717) is 0 Å². The highest BCUT2D eigenvalue weighted by atomic mass is 32.2. The van der Waals surface area contributed by atoms with E-state index in [0.717, 1.165) is 0 Å². The Balaban J connectivity index is 3.60. The van der Waals surface area contributed by atoms with Crippen molar-refractivity contribution in [2.75, 3.05) is 6.54 Å². The molecule has 0 aromatic rings.